The Kier molecular flexibility index (Phi) is 0.990. The van der Waals surface area contributed by atoms with Crippen LogP contribution in [0.5, 0.6) is 0 Å². The minimum atomic E-state index is 0.171. The minimum Gasteiger partial charge on any atom is -0.380 e. The van der Waals surface area contributed by atoms with Gasteiger partial charge in [-0.05, 0) is 0 Å². The highest BCUT2D eigenvalue weighted by Gasteiger charge is 2.38. The second-order valence-corrected chi connectivity index (χ2v) is 2.65. The summed E-state index contributed by atoms with van der Waals surface area (Å²) in [6, 6.07) is 0. The lowest BCUT2D eigenvalue weighted by Gasteiger charge is -1.97. The molecule has 0 bridgehead atoms. The lowest BCUT2D eigenvalue weighted by molar-refractivity contribution is -0.122. The summed E-state index contributed by atoms with van der Waals surface area (Å²) in [5, 5.41) is 2.80. The number of ether oxygens (including phenoxy) is 1. The Morgan fingerprint density at radius 3 is 3.22 bits per heavy atom. The molecule has 1 N–H and O–H groups in total. The van der Waals surface area contributed by atoms with E-state index in [-0.39, 0.29) is 11.8 Å². The van der Waals surface area contributed by atoms with Gasteiger partial charge in [0.15, 0.2) is 0 Å². The number of hydrogen-bond donors (Lipinski definition) is 1. The summed E-state index contributed by atoms with van der Waals surface area (Å²) in [7, 11) is 0. The predicted molar refractivity (Wildman–Crippen MR) is 30.8 cm³/mol. The Morgan fingerprint density at radius 1 is 1.56 bits per heavy atom. The quantitative estimate of drug-likeness (QED) is 0.471. The maximum atomic E-state index is 10.9. The van der Waals surface area contributed by atoms with Crippen molar-refractivity contribution in [2.45, 2.75) is 0 Å². The van der Waals surface area contributed by atoms with Crippen LogP contribution < -0.4 is 5.32 Å². The molecule has 2 heterocycles. The Hall–Kier alpha value is -0.570. The predicted octanol–water partition coefficient (Wildman–Crippen LogP) is -0.621. The van der Waals surface area contributed by atoms with Crippen LogP contribution in [-0.2, 0) is 9.53 Å². The highest BCUT2D eigenvalue weighted by molar-refractivity contribution is 5.81. The van der Waals surface area contributed by atoms with E-state index in [0.717, 1.165) is 13.2 Å². The molecule has 2 rings (SSSR count). The van der Waals surface area contributed by atoms with E-state index in [0.29, 0.717) is 12.5 Å². The van der Waals surface area contributed by atoms with Crippen molar-refractivity contribution in [3.05, 3.63) is 0 Å². The zero-order valence-electron chi connectivity index (χ0n) is 5.09. The van der Waals surface area contributed by atoms with Gasteiger partial charge < -0.3 is 10.1 Å². The number of amides is 1. The Morgan fingerprint density at radius 2 is 2.44 bits per heavy atom. The first-order valence-electron chi connectivity index (χ1n) is 3.23. The van der Waals surface area contributed by atoms with Gasteiger partial charge in [0.25, 0.3) is 0 Å². The SMILES string of the molecule is O=C1NC[C@H]2COC[C@@H]12. The molecule has 2 aliphatic heterocycles. The lowest BCUT2D eigenvalue weighted by Crippen LogP contribution is -2.20. The average molecular weight is 127 g/mol. The normalized spacial score (nSPS) is 40.7. The molecule has 50 valence electrons. The molecule has 0 spiro atoms. The molecule has 0 aromatic carbocycles. The van der Waals surface area contributed by atoms with Crippen molar-refractivity contribution >= 4 is 5.91 Å². The summed E-state index contributed by atoms with van der Waals surface area (Å²) in [5.74, 6) is 0.819. The highest BCUT2D eigenvalue weighted by atomic mass is 16.5. The fourth-order valence-electron chi connectivity index (χ4n) is 1.45. The van der Waals surface area contributed by atoms with Gasteiger partial charge in [-0.15, -0.1) is 0 Å². The maximum Gasteiger partial charge on any atom is 0.225 e. The number of rotatable bonds is 0. The molecule has 0 aromatic heterocycles. The first kappa shape index (κ1) is 5.23. The summed E-state index contributed by atoms with van der Waals surface area (Å²) < 4.78 is 5.12. The molecule has 0 radical (unpaired) electrons. The smallest absolute Gasteiger partial charge is 0.225 e. The zero-order chi connectivity index (χ0) is 6.27. The van der Waals surface area contributed by atoms with Gasteiger partial charge in [0, 0.05) is 12.5 Å². The average Bonchev–Trinajstić information content (AvgIpc) is 2.35. The Labute approximate surface area is 53.4 Å². The van der Waals surface area contributed by atoms with Gasteiger partial charge in [-0.2, -0.15) is 0 Å². The van der Waals surface area contributed by atoms with Gasteiger partial charge in [0.1, 0.15) is 0 Å². The topological polar surface area (TPSA) is 38.3 Å². The summed E-state index contributed by atoms with van der Waals surface area (Å²) in [6.07, 6.45) is 0. The van der Waals surface area contributed by atoms with Crippen LogP contribution in [0.25, 0.3) is 0 Å². The van der Waals surface area contributed by atoms with E-state index >= 15 is 0 Å². The molecule has 2 fully saturated rings. The van der Waals surface area contributed by atoms with E-state index in [1.807, 2.05) is 0 Å². The molecule has 2 atom stereocenters. The van der Waals surface area contributed by atoms with Gasteiger partial charge in [-0.1, -0.05) is 0 Å². The van der Waals surface area contributed by atoms with E-state index in [2.05, 4.69) is 5.32 Å². The third-order valence-electron chi connectivity index (χ3n) is 2.07. The molecule has 3 nitrogen and oxygen atoms in total. The van der Waals surface area contributed by atoms with Crippen molar-refractivity contribution in [3.8, 4) is 0 Å². The van der Waals surface area contributed by atoms with E-state index in [1.165, 1.54) is 0 Å². The van der Waals surface area contributed by atoms with Crippen LogP contribution in [0, 0.1) is 11.8 Å². The van der Waals surface area contributed by atoms with Crippen LogP contribution in [0.4, 0.5) is 0 Å². The molecule has 2 saturated heterocycles. The summed E-state index contributed by atoms with van der Waals surface area (Å²) in [6.45, 7) is 2.23. The second-order valence-electron chi connectivity index (χ2n) is 2.65. The molecule has 2 aliphatic rings. The molecule has 0 aromatic rings. The minimum absolute atomic E-state index is 0.171. The summed E-state index contributed by atoms with van der Waals surface area (Å²) >= 11 is 0. The standard InChI is InChI=1S/C6H9NO2/c8-6-5-3-9-2-4(5)1-7-6/h4-5H,1-3H2,(H,7,8)/t4-,5+/m0/s1. The number of fused-ring (bicyclic) bond motifs is 1. The number of nitrogens with one attached hydrogen (secondary N) is 1. The third-order valence-corrected chi connectivity index (χ3v) is 2.07. The van der Waals surface area contributed by atoms with Crippen LogP contribution in [0.15, 0.2) is 0 Å². The second kappa shape index (κ2) is 1.70. The Bertz CT molecular complexity index is 146. The fraction of sp³-hybridized carbons (Fsp3) is 0.833. The van der Waals surface area contributed by atoms with E-state index in [9.17, 15) is 4.79 Å². The molecule has 3 heteroatoms. The van der Waals surface area contributed by atoms with Gasteiger partial charge >= 0.3 is 0 Å². The largest absolute Gasteiger partial charge is 0.380 e. The van der Waals surface area contributed by atoms with Crippen molar-refractivity contribution in [2.75, 3.05) is 19.8 Å². The molecular weight excluding hydrogens is 118 g/mol. The van der Waals surface area contributed by atoms with E-state index < -0.39 is 0 Å². The molecule has 0 saturated carbocycles. The van der Waals surface area contributed by atoms with Gasteiger partial charge in [-0.25, -0.2) is 0 Å². The van der Waals surface area contributed by atoms with Crippen LogP contribution >= 0.6 is 0 Å². The van der Waals surface area contributed by atoms with Crippen LogP contribution in [0.3, 0.4) is 0 Å². The van der Waals surface area contributed by atoms with E-state index in [1.54, 1.807) is 0 Å². The monoisotopic (exact) mass is 127 g/mol. The molecular formula is C6H9NO2. The first-order chi connectivity index (χ1) is 4.38. The molecule has 0 aliphatic carbocycles. The van der Waals surface area contributed by atoms with Crippen molar-refractivity contribution in [3.63, 3.8) is 0 Å². The van der Waals surface area contributed by atoms with Gasteiger partial charge in [0.2, 0.25) is 5.91 Å². The number of carbonyl (C=O) groups is 1. The van der Waals surface area contributed by atoms with Gasteiger partial charge in [0.05, 0.1) is 19.1 Å². The fourth-order valence-corrected chi connectivity index (χ4v) is 1.45. The zero-order valence-corrected chi connectivity index (χ0v) is 5.09. The molecule has 0 unspecified atom stereocenters. The van der Waals surface area contributed by atoms with Crippen molar-refractivity contribution < 1.29 is 9.53 Å². The summed E-state index contributed by atoms with van der Waals surface area (Å²) in [5.41, 5.74) is 0. The highest BCUT2D eigenvalue weighted by Crippen LogP contribution is 2.24. The Balaban J connectivity index is 2.15. The summed E-state index contributed by atoms with van der Waals surface area (Å²) in [4.78, 5) is 10.9. The van der Waals surface area contributed by atoms with Gasteiger partial charge in [-0.3, -0.25) is 4.79 Å². The number of carbonyl (C=O) groups excluding carboxylic acids is 1. The van der Waals surface area contributed by atoms with Crippen LogP contribution in [0.2, 0.25) is 0 Å². The first-order valence-corrected chi connectivity index (χ1v) is 3.23. The van der Waals surface area contributed by atoms with Crippen LogP contribution in [0.1, 0.15) is 0 Å². The third kappa shape index (κ3) is 0.645. The maximum absolute atomic E-state index is 10.9. The van der Waals surface area contributed by atoms with Crippen molar-refractivity contribution in [1.29, 1.82) is 0 Å². The van der Waals surface area contributed by atoms with Crippen molar-refractivity contribution in [2.24, 2.45) is 11.8 Å². The van der Waals surface area contributed by atoms with Crippen molar-refractivity contribution in [1.82, 2.24) is 5.32 Å². The lowest BCUT2D eigenvalue weighted by atomic mass is 10.0. The van der Waals surface area contributed by atoms with Crippen LogP contribution in [-0.4, -0.2) is 25.7 Å². The molecule has 9 heavy (non-hydrogen) atoms. The molecule has 1 amide bonds. The van der Waals surface area contributed by atoms with E-state index in [4.69, 9.17) is 4.74 Å². The number of hydrogen-bond acceptors (Lipinski definition) is 2.